The van der Waals surface area contributed by atoms with E-state index in [0.29, 0.717) is 31.0 Å². The van der Waals surface area contributed by atoms with Crippen LogP contribution in [0.1, 0.15) is 11.1 Å². The topological polar surface area (TPSA) is 120 Å². The molecule has 144 valence electrons. The third-order valence-corrected chi connectivity index (χ3v) is 4.98. The summed E-state index contributed by atoms with van der Waals surface area (Å²) < 4.78 is 33.0. The highest BCUT2D eigenvalue weighted by atomic mass is 32.2. The van der Waals surface area contributed by atoms with E-state index in [4.69, 9.17) is 14.6 Å². The molecule has 0 atom stereocenters. The minimum absolute atomic E-state index is 0.0853. The van der Waals surface area contributed by atoms with Gasteiger partial charge in [-0.25, -0.2) is 13.6 Å². The molecule has 2 aromatic carbocycles. The van der Waals surface area contributed by atoms with Crippen molar-refractivity contribution >= 4 is 15.9 Å². The van der Waals surface area contributed by atoms with E-state index in [1.165, 1.54) is 12.1 Å². The van der Waals surface area contributed by atoms with Gasteiger partial charge in [-0.05, 0) is 48.4 Å². The standard InChI is InChI=1S/C18H21N3O5S/c19-27(23,24)15-4-1-13(2-5-15)7-8-20-11-18(22)21-10-14-3-6-16-17(9-14)26-12-25-16/h1-6,9,20H,7-8,10-12H2,(H,21,22)(H2,19,23,24). The molecule has 0 fully saturated rings. The van der Waals surface area contributed by atoms with Gasteiger partial charge in [0.05, 0.1) is 11.4 Å². The molecule has 3 rings (SSSR count). The highest BCUT2D eigenvalue weighted by Gasteiger charge is 2.13. The Labute approximate surface area is 157 Å². The summed E-state index contributed by atoms with van der Waals surface area (Å²) in [6, 6.07) is 11.9. The zero-order chi connectivity index (χ0) is 19.3. The molecule has 1 amide bonds. The number of nitrogens with two attached hydrogens (primary N) is 1. The SMILES string of the molecule is NS(=O)(=O)c1ccc(CCNCC(=O)NCc2ccc3c(c2)OCO3)cc1. The van der Waals surface area contributed by atoms with E-state index < -0.39 is 10.0 Å². The molecule has 27 heavy (non-hydrogen) atoms. The van der Waals surface area contributed by atoms with Crippen LogP contribution in [0.2, 0.25) is 0 Å². The van der Waals surface area contributed by atoms with Crippen LogP contribution < -0.4 is 25.2 Å². The van der Waals surface area contributed by atoms with Crippen molar-refractivity contribution in [3.63, 3.8) is 0 Å². The van der Waals surface area contributed by atoms with Gasteiger partial charge < -0.3 is 20.1 Å². The summed E-state index contributed by atoms with van der Waals surface area (Å²) >= 11 is 0. The summed E-state index contributed by atoms with van der Waals surface area (Å²) in [4.78, 5) is 12.0. The second-order valence-corrected chi connectivity index (χ2v) is 7.64. The zero-order valence-electron chi connectivity index (χ0n) is 14.6. The maximum atomic E-state index is 11.9. The lowest BCUT2D eigenvalue weighted by atomic mass is 10.1. The lowest BCUT2D eigenvalue weighted by Crippen LogP contribution is -2.34. The lowest BCUT2D eigenvalue weighted by molar-refractivity contribution is -0.120. The van der Waals surface area contributed by atoms with Crippen molar-refractivity contribution in [2.24, 2.45) is 5.14 Å². The maximum absolute atomic E-state index is 11.9. The summed E-state index contributed by atoms with van der Waals surface area (Å²) in [6.07, 6.45) is 0.667. The third kappa shape index (κ3) is 5.43. The first-order valence-electron chi connectivity index (χ1n) is 8.39. The van der Waals surface area contributed by atoms with Gasteiger partial charge in [-0.15, -0.1) is 0 Å². The molecule has 0 saturated carbocycles. The summed E-state index contributed by atoms with van der Waals surface area (Å²) in [5.74, 6) is 1.29. The van der Waals surface area contributed by atoms with Crippen molar-refractivity contribution in [3.05, 3.63) is 53.6 Å². The van der Waals surface area contributed by atoms with E-state index in [9.17, 15) is 13.2 Å². The quantitative estimate of drug-likeness (QED) is 0.564. The molecule has 1 aliphatic heterocycles. The molecule has 1 heterocycles. The predicted octanol–water partition coefficient (Wildman–Crippen LogP) is 0.511. The van der Waals surface area contributed by atoms with Crippen LogP contribution in [0.5, 0.6) is 11.5 Å². The first kappa shape index (κ1) is 19.2. The van der Waals surface area contributed by atoms with Crippen LogP contribution >= 0.6 is 0 Å². The minimum atomic E-state index is -3.67. The number of fused-ring (bicyclic) bond motifs is 1. The van der Waals surface area contributed by atoms with Crippen LogP contribution in [0.25, 0.3) is 0 Å². The molecule has 2 aromatic rings. The van der Waals surface area contributed by atoms with Crippen LogP contribution in [0, 0.1) is 0 Å². The monoisotopic (exact) mass is 391 g/mol. The fourth-order valence-electron chi connectivity index (χ4n) is 2.59. The number of amides is 1. The molecule has 0 spiro atoms. The molecule has 8 nitrogen and oxygen atoms in total. The van der Waals surface area contributed by atoms with E-state index >= 15 is 0 Å². The van der Waals surface area contributed by atoms with Crippen molar-refractivity contribution in [1.82, 2.24) is 10.6 Å². The Bertz CT molecular complexity index is 913. The number of carbonyl (C=O) groups is 1. The Hall–Kier alpha value is -2.62. The van der Waals surface area contributed by atoms with Crippen molar-refractivity contribution in [2.45, 2.75) is 17.9 Å². The van der Waals surface area contributed by atoms with Crippen LogP contribution in [-0.4, -0.2) is 34.2 Å². The highest BCUT2D eigenvalue weighted by molar-refractivity contribution is 7.89. The summed E-state index contributed by atoms with van der Waals surface area (Å²) in [7, 11) is -3.67. The number of benzene rings is 2. The number of carbonyl (C=O) groups excluding carboxylic acids is 1. The fraction of sp³-hybridized carbons (Fsp3) is 0.278. The molecule has 4 N–H and O–H groups in total. The van der Waals surface area contributed by atoms with E-state index in [1.807, 2.05) is 18.2 Å². The average Bonchev–Trinajstić information content (AvgIpc) is 3.11. The van der Waals surface area contributed by atoms with Crippen LogP contribution in [0.15, 0.2) is 47.4 Å². The molecular weight excluding hydrogens is 370 g/mol. The average molecular weight is 391 g/mol. The number of sulfonamides is 1. The van der Waals surface area contributed by atoms with Gasteiger partial charge in [-0.2, -0.15) is 0 Å². The van der Waals surface area contributed by atoms with Gasteiger partial charge in [0.25, 0.3) is 0 Å². The maximum Gasteiger partial charge on any atom is 0.238 e. The third-order valence-electron chi connectivity index (χ3n) is 4.05. The van der Waals surface area contributed by atoms with Gasteiger partial charge in [0.2, 0.25) is 22.7 Å². The van der Waals surface area contributed by atoms with Gasteiger partial charge in [0, 0.05) is 6.54 Å². The molecule has 0 unspecified atom stereocenters. The van der Waals surface area contributed by atoms with Crippen molar-refractivity contribution < 1.29 is 22.7 Å². The predicted molar refractivity (Wildman–Crippen MR) is 98.8 cm³/mol. The van der Waals surface area contributed by atoms with Gasteiger partial charge >= 0.3 is 0 Å². The van der Waals surface area contributed by atoms with E-state index in [-0.39, 0.29) is 24.1 Å². The highest BCUT2D eigenvalue weighted by Crippen LogP contribution is 2.32. The molecule has 0 aromatic heterocycles. The van der Waals surface area contributed by atoms with Gasteiger partial charge in [0.1, 0.15) is 0 Å². The van der Waals surface area contributed by atoms with Crippen LogP contribution in [0.4, 0.5) is 0 Å². The molecule has 0 aliphatic carbocycles. The first-order valence-corrected chi connectivity index (χ1v) is 9.94. The van der Waals surface area contributed by atoms with Crippen LogP contribution in [0.3, 0.4) is 0 Å². The van der Waals surface area contributed by atoms with Gasteiger partial charge in [-0.3, -0.25) is 4.79 Å². The Morgan fingerprint density at radius 3 is 2.48 bits per heavy atom. The van der Waals surface area contributed by atoms with Crippen molar-refractivity contribution in [2.75, 3.05) is 19.9 Å². The molecule has 0 bridgehead atoms. The Morgan fingerprint density at radius 1 is 1.04 bits per heavy atom. The van der Waals surface area contributed by atoms with E-state index in [0.717, 1.165) is 11.1 Å². The van der Waals surface area contributed by atoms with Crippen molar-refractivity contribution in [3.8, 4) is 11.5 Å². The fourth-order valence-corrected chi connectivity index (χ4v) is 3.11. The first-order chi connectivity index (χ1) is 12.9. The van der Waals surface area contributed by atoms with E-state index in [2.05, 4.69) is 10.6 Å². The molecular formula is C18H21N3O5S. The molecule has 0 saturated heterocycles. The number of hydrogen-bond acceptors (Lipinski definition) is 6. The molecule has 9 heteroatoms. The Morgan fingerprint density at radius 2 is 1.74 bits per heavy atom. The normalized spacial score (nSPS) is 12.8. The largest absolute Gasteiger partial charge is 0.454 e. The number of nitrogens with one attached hydrogen (secondary N) is 2. The summed E-state index contributed by atoms with van der Waals surface area (Å²) in [5.41, 5.74) is 1.89. The Kier molecular flexibility index (Phi) is 5.94. The number of primary sulfonamides is 1. The van der Waals surface area contributed by atoms with Crippen LogP contribution in [-0.2, 0) is 27.8 Å². The second kappa shape index (κ2) is 8.38. The number of ether oxygens (including phenoxy) is 2. The smallest absolute Gasteiger partial charge is 0.238 e. The summed E-state index contributed by atoms with van der Waals surface area (Å²) in [6.45, 7) is 1.41. The molecule has 0 radical (unpaired) electrons. The number of rotatable bonds is 8. The lowest BCUT2D eigenvalue weighted by Gasteiger charge is -2.08. The van der Waals surface area contributed by atoms with E-state index in [1.54, 1.807) is 12.1 Å². The molecule has 1 aliphatic rings. The van der Waals surface area contributed by atoms with Gasteiger partial charge in [-0.1, -0.05) is 18.2 Å². The van der Waals surface area contributed by atoms with Gasteiger partial charge in [0.15, 0.2) is 11.5 Å². The minimum Gasteiger partial charge on any atom is -0.454 e. The zero-order valence-corrected chi connectivity index (χ0v) is 15.4. The second-order valence-electron chi connectivity index (χ2n) is 6.08. The summed E-state index contributed by atoms with van der Waals surface area (Å²) in [5, 5.41) is 11.0. The number of hydrogen-bond donors (Lipinski definition) is 3. The van der Waals surface area contributed by atoms with Crippen molar-refractivity contribution in [1.29, 1.82) is 0 Å². The Balaban J connectivity index is 1.36.